The van der Waals surface area contributed by atoms with Crippen molar-refractivity contribution in [2.45, 2.75) is 128 Å². The first-order valence-electron chi connectivity index (χ1n) is 16.6. The second kappa shape index (κ2) is 15.4. The van der Waals surface area contributed by atoms with Gasteiger partial charge in [0.05, 0.1) is 30.1 Å². The van der Waals surface area contributed by atoms with E-state index in [1.807, 2.05) is 6.08 Å². The molecule has 0 saturated heterocycles. The molecule has 12 nitrogen and oxygen atoms in total. The lowest BCUT2D eigenvalue weighted by atomic mass is 9.60. The monoisotopic (exact) mass is 726 g/mol. The molecule has 3 fully saturated rings. The average molecular weight is 727 g/mol. The number of ether oxygens (including phenoxy) is 1. The fourth-order valence-electron chi connectivity index (χ4n) is 8.54. The van der Waals surface area contributed by atoms with E-state index in [-0.39, 0.29) is 5.41 Å². The van der Waals surface area contributed by atoms with Gasteiger partial charge in [-0.25, -0.2) is 0 Å². The minimum atomic E-state index is -5.47. The van der Waals surface area contributed by atoms with E-state index in [2.05, 4.69) is 26.5 Å². The van der Waals surface area contributed by atoms with E-state index in [1.54, 1.807) is 13.8 Å². The molecular weight excluding hydrogens is 669 g/mol. The summed E-state index contributed by atoms with van der Waals surface area (Å²) >= 11 is 0. The molecule has 15 heteroatoms. The standard InChI is InChI=1S/C32H57O12P3/c1-20(9-7-15-31(4,5)44-19-26(22(3)45(35,36)37)30(46(38,39)40)47(41,42)43)27-13-14-28-23(10-8-16-32(27,28)6)11-12-24-17-25(33)18-29(34)21(24)2/h11-12,20,22,25-30,33-34H,2,7-10,13-19H2,1,3-6H3,(H2,35,36,37)(H2,38,39,40)(H2,41,42,43)/b23-11+,24-12-/t20-,22?,25-,26?,27-,28+,29+,32-/m1/s1. The van der Waals surface area contributed by atoms with E-state index in [0.29, 0.717) is 42.6 Å². The quantitative estimate of drug-likeness (QED) is 0.103. The van der Waals surface area contributed by atoms with Crippen LogP contribution in [0.25, 0.3) is 0 Å². The molecule has 47 heavy (non-hydrogen) atoms. The summed E-state index contributed by atoms with van der Waals surface area (Å²) in [6, 6.07) is 0. The summed E-state index contributed by atoms with van der Waals surface area (Å²) in [5, 5.41) is 17.8. The second-order valence-electron chi connectivity index (χ2n) is 15.2. The van der Waals surface area contributed by atoms with E-state index in [9.17, 15) is 53.3 Å². The van der Waals surface area contributed by atoms with Crippen LogP contribution in [0.5, 0.6) is 0 Å². The molecular formula is C32H57O12P3. The molecule has 0 bridgehead atoms. The molecule has 0 heterocycles. The predicted molar refractivity (Wildman–Crippen MR) is 181 cm³/mol. The van der Waals surface area contributed by atoms with Gasteiger partial charge in [0.1, 0.15) is 0 Å². The Balaban J connectivity index is 1.65. The number of aliphatic hydroxyl groups excluding tert-OH is 2. The largest absolute Gasteiger partial charge is 0.393 e. The maximum atomic E-state index is 12.1. The molecule has 0 aromatic rings. The highest BCUT2D eigenvalue weighted by Gasteiger charge is 2.54. The normalized spacial score (nSPS) is 31.7. The molecule has 0 radical (unpaired) electrons. The highest BCUT2D eigenvalue weighted by molar-refractivity contribution is 7.71. The average Bonchev–Trinajstić information content (AvgIpc) is 3.27. The molecule has 8 atom stereocenters. The molecule has 3 aliphatic carbocycles. The fraction of sp³-hybridized carbons (Fsp3) is 0.812. The summed E-state index contributed by atoms with van der Waals surface area (Å²) in [6.07, 6.45) is 11.4. The van der Waals surface area contributed by atoms with Gasteiger partial charge in [-0.05, 0) is 93.1 Å². The first-order valence-corrected chi connectivity index (χ1v) is 21.7. The number of hydrogen-bond donors (Lipinski definition) is 8. The van der Waals surface area contributed by atoms with Crippen molar-refractivity contribution in [2.24, 2.45) is 29.1 Å². The predicted octanol–water partition coefficient (Wildman–Crippen LogP) is 5.59. The molecule has 0 aliphatic heterocycles. The van der Waals surface area contributed by atoms with Gasteiger partial charge in [-0.3, -0.25) is 13.7 Å². The summed E-state index contributed by atoms with van der Waals surface area (Å²) in [6.45, 7) is 12.6. The van der Waals surface area contributed by atoms with Gasteiger partial charge in [-0.15, -0.1) is 0 Å². The number of rotatable bonds is 14. The van der Waals surface area contributed by atoms with Gasteiger partial charge in [0.15, 0.2) is 5.40 Å². The van der Waals surface area contributed by atoms with Crippen molar-refractivity contribution in [3.63, 3.8) is 0 Å². The molecule has 0 aromatic carbocycles. The van der Waals surface area contributed by atoms with Crippen molar-refractivity contribution >= 4 is 22.8 Å². The van der Waals surface area contributed by atoms with E-state index >= 15 is 0 Å². The highest BCUT2D eigenvalue weighted by Crippen LogP contribution is 2.66. The van der Waals surface area contributed by atoms with Crippen LogP contribution < -0.4 is 0 Å². The molecule has 0 amide bonds. The summed E-state index contributed by atoms with van der Waals surface area (Å²) in [5.41, 5.74) is 0.506. The van der Waals surface area contributed by atoms with Crippen LogP contribution in [0.3, 0.4) is 0 Å². The van der Waals surface area contributed by atoms with Gasteiger partial charge in [-0.1, -0.05) is 57.9 Å². The van der Waals surface area contributed by atoms with Gasteiger partial charge in [0.2, 0.25) is 0 Å². The Labute approximate surface area is 279 Å². The van der Waals surface area contributed by atoms with Crippen LogP contribution in [0.4, 0.5) is 0 Å². The zero-order valence-electron chi connectivity index (χ0n) is 28.3. The zero-order valence-corrected chi connectivity index (χ0v) is 31.0. The summed E-state index contributed by atoms with van der Waals surface area (Å²) in [5.74, 6) is -0.433. The van der Waals surface area contributed by atoms with E-state index in [0.717, 1.165) is 57.4 Å². The third-order valence-electron chi connectivity index (χ3n) is 11.3. The van der Waals surface area contributed by atoms with Gasteiger partial charge in [0, 0.05) is 12.3 Å². The van der Waals surface area contributed by atoms with Crippen LogP contribution >= 0.6 is 22.8 Å². The lowest BCUT2D eigenvalue weighted by molar-refractivity contribution is -0.0434. The minimum absolute atomic E-state index is 0.141. The molecule has 0 spiro atoms. The number of aliphatic hydroxyl groups is 2. The molecule has 3 rings (SSSR count). The van der Waals surface area contributed by atoms with E-state index < -0.39 is 64.2 Å². The van der Waals surface area contributed by atoms with Crippen molar-refractivity contribution < 1.29 is 58.0 Å². The Morgan fingerprint density at radius 2 is 1.62 bits per heavy atom. The Kier molecular flexibility index (Phi) is 13.4. The van der Waals surface area contributed by atoms with Crippen LogP contribution in [0.15, 0.2) is 35.5 Å². The number of hydrogen-bond acceptors (Lipinski definition) is 6. The van der Waals surface area contributed by atoms with Gasteiger partial charge in [0.25, 0.3) is 0 Å². The Morgan fingerprint density at radius 1 is 1.00 bits per heavy atom. The summed E-state index contributed by atoms with van der Waals surface area (Å²) in [7, 11) is -15.9. The topological polar surface area (TPSA) is 222 Å². The van der Waals surface area contributed by atoms with Crippen molar-refractivity contribution in [3.05, 3.63) is 35.5 Å². The van der Waals surface area contributed by atoms with Crippen molar-refractivity contribution in [3.8, 4) is 0 Å². The smallest absolute Gasteiger partial charge is 0.341 e. The van der Waals surface area contributed by atoms with Crippen LogP contribution in [-0.4, -0.2) is 75.0 Å². The summed E-state index contributed by atoms with van der Waals surface area (Å²) in [4.78, 5) is 58.5. The van der Waals surface area contributed by atoms with E-state index in [1.165, 1.54) is 5.57 Å². The van der Waals surface area contributed by atoms with Gasteiger partial charge >= 0.3 is 22.8 Å². The Morgan fingerprint density at radius 3 is 2.19 bits per heavy atom. The fourth-order valence-corrected chi connectivity index (χ4v) is 12.8. The number of allylic oxidation sites excluding steroid dienone is 3. The van der Waals surface area contributed by atoms with Gasteiger partial charge in [-0.2, -0.15) is 0 Å². The molecule has 8 N–H and O–H groups in total. The van der Waals surface area contributed by atoms with Crippen LogP contribution in [0, 0.1) is 29.1 Å². The lowest BCUT2D eigenvalue weighted by Gasteiger charge is -2.44. The lowest BCUT2D eigenvalue weighted by Crippen LogP contribution is -2.38. The molecule has 2 unspecified atom stereocenters. The summed E-state index contributed by atoms with van der Waals surface area (Å²) < 4.78 is 42.2. The van der Waals surface area contributed by atoms with E-state index in [4.69, 9.17) is 4.74 Å². The SMILES string of the molecule is C=C1/C(=C\C=C2/CCC[C@]3(C)[C@@H]([C@H](C)CCCC(C)(C)OCC(C(C)P(=O)(O)O)C(P(=O)(O)O)P(=O)(O)O)CC[C@@H]23)C[C@@H](O)C[C@@H]1O. The maximum Gasteiger partial charge on any atom is 0.341 e. The molecule has 0 aromatic heterocycles. The Bertz CT molecular complexity index is 1300. The van der Waals surface area contributed by atoms with Crippen molar-refractivity contribution in [1.29, 1.82) is 0 Å². The zero-order chi connectivity index (χ0) is 35.8. The minimum Gasteiger partial charge on any atom is -0.393 e. The second-order valence-corrected chi connectivity index (χ2v) is 21.1. The molecule has 272 valence electrons. The van der Waals surface area contributed by atoms with Crippen molar-refractivity contribution in [2.75, 3.05) is 6.61 Å². The Hall–Kier alpha value is -0.450. The highest BCUT2D eigenvalue weighted by atomic mass is 31.2. The van der Waals surface area contributed by atoms with Crippen molar-refractivity contribution in [1.82, 2.24) is 0 Å². The van der Waals surface area contributed by atoms with Crippen LogP contribution in [0.2, 0.25) is 0 Å². The maximum absolute atomic E-state index is 12.1. The van der Waals surface area contributed by atoms with Gasteiger partial charge < -0.3 is 44.3 Å². The first-order chi connectivity index (χ1) is 21.4. The van der Waals surface area contributed by atoms with Crippen LogP contribution in [-0.2, 0) is 18.4 Å². The number of fused-ring (bicyclic) bond motifs is 1. The molecule has 3 saturated carbocycles. The third kappa shape index (κ3) is 10.3. The molecule has 3 aliphatic rings. The van der Waals surface area contributed by atoms with Crippen LogP contribution in [0.1, 0.15) is 98.8 Å². The first kappa shape index (κ1) is 41.0. The third-order valence-corrected chi connectivity index (χ3v) is 16.7.